The number of hydrogen-bond donors (Lipinski definition) is 1. The van der Waals surface area contributed by atoms with Crippen LogP contribution in [0.5, 0.6) is 17.2 Å². The highest BCUT2D eigenvalue weighted by Crippen LogP contribution is 2.37. The van der Waals surface area contributed by atoms with Gasteiger partial charge in [0.2, 0.25) is 0 Å². The minimum atomic E-state index is -0.383. The van der Waals surface area contributed by atoms with Gasteiger partial charge in [0.05, 0.1) is 24.5 Å². The third-order valence-electron chi connectivity index (χ3n) is 3.71. The SMILES string of the molecule is CC[C@H](C)Oc1c(Cl)cc(/C=N/NC(=O)COc2cccc(Br)c2)cc1OC. The Morgan fingerprint density at radius 1 is 1.36 bits per heavy atom. The van der Waals surface area contributed by atoms with E-state index >= 15 is 0 Å². The zero-order valence-corrected chi connectivity index (χ0v) is 18.2. The molecule has 1 amide bonds. The number of methoxy groups -OCH3 is 1. The number of amides is 1. The zero-order chi connectivity index (χ0) is 20.5. The second-order valence-electron chi connectivity index (χ2n) is 5.91. The normalized spacial score (nSPS) is 11.9. The quantitative estimate of drug-likeness (QED) is 0.422. The first-order chi connectivity index (χ1) is 13.4. The molecule has 0 bridgehead atoms. The highest BCUT2D eigenvalue weighted by atomic mass is 79.9. The number of rotatable bonds is 9. The number of nitrogens with one attached hydrogen (secondary N) is 1. The standard InChI is InChI=1S/C20H22BrClN2O4/c1-4-13(2)28-20-17(22)8-14(9-18(20)26-3)11-23-24-19(25)12-27-16-7-5-6-15(21)10-16/h5-11,13H,4,12H2,1-3H3,(H,24,25)/b23-11+/t13-/m0/s1. The van der Waals surface area contributed by atoms with Crippen molar-refractivity contribution in [1.82, 2.24) is 5.43 Å². The van der Waals surface area contributed by atoms with Gasteiger partial charge in [0.1, 0.15) is 5.75 Å². The summed E-state index contributed by atoms with van der Waals surface area (Å²) in [5, 5.41) is 4.33. The lowest BCUT2D eigenvalue weighted by atomic mass is 10.2. The Hall–Kier alpha value is -2.25. The van der Waals surface area contributed by atoms with E-state index in [1.165, 1.54) is 13.3 Å². The van der Waals surface area contributed by atoms with Crippen molar-refractivity contribution < 1.29 is 19.0 Å². The van der Waals surface area contributed by atoms with Crippen LogP contribution < -0.4 is 19.6 Å². The minimum Gasteiger partial charge on any atom is -0.493 e. The summed E-state index contributed by atoms with van der Waals surface area (Å²) in [5.41, 5.74) is 3.07. The summed E-state index contributed by atoms with van der Waals surface area (Å²) < 4.78 is 17.4. The summed E-state index contributed by atoms with van der Waals surface area (Å²) in [6.07, 6.45) is 2.32. The number of hydrogen-bond acceptors (Lipinski definition) is 5. The predicted molar refractivity (Wildman–Crippen MR) is 114 cm³/mol. The summed E-state index contributed by atoms with van der Waals surface area (Å²) >= 11 is 9.65. The van der Waals surface area contributed by atoms with Crippen molar-refractivity contribution in [3.05, 3.63) is 51.5 Å². The number of halogens is 2. The van der Waals surface area contributed by atoms with Gasteiger partial charge in [-0.2, -0.15) is 5.10 Å². The van der Waals surface area contributed by atoms with Crippen molar-refractivity contribution in [2.75, 3.05) is 13.7 Å². The molecule has 6 nitrogen and oxygen atoms in total. The van der Waals surface area contributed by atoms with Gasteiger partial charge in [0.25, 0.3) is 5.91 Å². The molecule has 0 saturated carbocycles. The average molecular weight is 470 g/mol. The smallest absolute Gasteiger partial charge is 0.277 e. The molecule has 0 fully saturated rings. The second-order valence-corrected chi connectivity index (χ2v) is 7.23. The highest BCUT2D eigenvalue weighted by Gasteiger charge is 2.14. The van der Waals surface area contributed by atoms with Crippen molar-refractivity contribution in [3.8, 4) is 17.2 Å². The Morgan fingerprint density at radius 2 is 2.14 bits per heavy atom. The maximum atomic E-state index is 11.9. The lowest BCUT2D eigenvalue weighted by molar-refractivity contribution is -0.123. The average Bonchev–Trinajstić information content (AvgIpc) is 2.68. The first kappa shape index (κ1) is 22.0. The van der Waals surface area contributed by atoms with Crippen molar-refractivity contribution in [2.24, 2.45) is 5.10 Å². The fourth-order valence-corrected chi connectivity index (χ4v) is 2.77. The van der Waals surface area contributed by atoms with Crippen LogP contribution >= 0.6 is 27.5 Å². The number of nitrogens with zero attached hydrogens (tertiary/aromatic N) is 1. The molecular formula is C20H22BrClN2O4. The Labute approximate surface area is 177 Å². The van der Waals surface area contributed by atoms with Crippen LogP contribution in [0, 0.1) is 0 Å². The number of carbonyl (C=O) groups excluding carboxylic acids is 1. The van der Waals surface area contributed by atoms with Crippen molar-refractivity contribution in [1.29, 1.82) is 0 Å². The van der Waals surface area contributed by atoms with Crippen LogP contribution in [0.3, 0.4) is 0 Å². The van der Waals surface area contributed by atoms with E-state index in [2.05, 4.69) is 26.5 Å². The van der Waals surface area contributed by atoms with E-state index in [0.29, 0.717) is 27.8 Å². The van der Waals surface area contributed by atoms with Crippen LogP contribution in [0.1, 0.15) is 25.8 Å². The van der Waals surface area contributed by atoms with Gasteiger partial charge in [-0.3, -0.25) is 4.79 Å². The van der Waals surface area contributed by atoms with Gasteiger partial charge in [0, 0.05) is 4.47 Å². The van der Waals surface area contributed by atoms with Gasteiger partial charge in [-0.25, -0.2) is 5.43 Å². The van der Waals surface area contributed by atoms with E-state index in [-0.39, 0.29) is 18.6 Å². The van der Waals surface area contributed by atoms with E-state index < -0.39 is 0 Å². The van der Waals surface area contributed by atoms with Crippen LogP contribution in [0.25, 0.3) is 0 Å². The third kappa shape index (κ3) is 6.73. The fourth-order valence-electron chi connectivity index (χ4n) is 2.13. The maximum Gasteiger partial charge on any atom is 0.277 e. The first-order valence-electron chi connectivity index (χ1n) is 8.67. The van der Waals surface area contributed by atoms with Crippen LogP contribution in [0.15, 0.2) is 46.0 Å². The maximum absolute atomic E-state index is 11.9. The Bertz CT molecular complexity index is 845. The zero-order valence-electron chi connectivity index (χ0n) is 15.9. The van der Waals surface area contributed by atoms with E-state index in [0.717, 1.165) is 10.9 Å². The van der Waals surface area contributed by atoms with Gasteiger partial charge < -0.3 is 14.2 Å². The van der Waals surface area contributed by atoms with Crippen LogP contribution in [0.4, 0.5) is 0 Å². The number of carbonyl (C=O) groups is 1. The number of hydrazone groups is 1. The van der Waals surface area contributed by atoms with Gasteiger partial charge >= 0.3 is 0 Å². The molecule has 2 aromatic rings. The Balaban J connectivity index is 1.95. The molecule has 0 spiro atoms. The summed E-state index contributed by atoms with van der Waals surface area (Å²) in [7, 11) is 1.54. The van der Waals surface area contributed by atoms with E-state index in [1.54, 1.807) is 24.3 Å². The highest BCUT2D eigenvalue weighted by molar-refractivity contribution is 9.10. The van der Waals surface area contributed by atoms with Crippen LogP contribution in [-0.4, -0.2) is 31.9 Å². The monoisotopic (exact) mass is 468 g/mol. The van der Waals surface area contributed by atoms with E-state index in [1.807, 2.05) is 26.0 Å². The molecule has 1 atom stereocenters. The Morgan fingerprint density at radius 3 is 2.82 bits per heavy atom. The Kier molecular flexibility index (Phi) is 8.60. The second kappa shape index (κ2) is 10.9. The number of benzene rings is 2. The molecule has 1 N–H and O–H groups in total. The molecule has 0 aliphatic carbocycles. The molecule has 0 heterocycles. The van der Waals surface area contributed by atoms with Gasteiger partial charge in [-0.05, 0) is 49.2 Å². The van der Waals surface area contributed by atoms with Crippen molar-refractivity contribution in [3.63, 3.8) is 0 Å². The molecule has 28 heavy (non-hydrogen) atoms. The lowest BCUT2D eigenvalue weighted by Crippen LogP contribution is -2.24. The molecule has 0 radical (unpaired) electrons. The molecule has 0 aromatic heterocycles. The summed E-state index contributed by atoms with van der Waals surface area (Å²) in [6.45, 7) is 3.82. The molecule has 2 aromatic carbocycles. The molecular weight excluding hydrogens is 448 g/mol. The first-order valence-corrected chi connectivity index (χ1v) is 9.84. The van der Waals surface area contributed by atoms with Crippen molar-refractivity contribution >= 4 is 39.7 Å². The summed E-state index contributed by atoms with van der Waals surface area (Å²) in [5.74, 6) is 1.19. The van der Waals surface area contributed by atoms with Gasteiger partial charge in [-0.1, -0.05) is 40.5 Å². The fraction of sp³-hybridized carbons (Fsp3) is 0.300. The van der Waals surface area contributed by atoms with Gasteiger partial charge in [0.15, 0.2) is 18.1 Å². The molecule has 0 unspecified atom stereocenters. The summed E-state index contributed by atoms with van der Waals surface area (Å²) in [6, 6.07) is 10.6. The van der Waals surface area contributed by atoms with Gasteiger partial charge in [-0.15, -0.1) is 0 Å². The predicted octanol–water partition coefficient (Wildman–Crippen LogP) is 4.82. The molecule has 2 rings (SSSR count). The molecule has 150 valence electrons. The molecule has 0 aliphatic rings. The lowest BCUT2D eigenvalue weighted by Gasteiger charge is -2.17. The van der Waals surface area contributed by atoms with Crippen LogP contribution in [0.2, 0.25) is 5.02 Å². The van der Waals surface area contributed by atoms with E-state index in [4.69, 9.17) is 25.8 Å². The summed E-state index contributed by atoms with van der Waals surface area (Å²) in [4.78, 5) is 11.9. The van der Waals surface area contributed by atoms with Crippen LogP contribution in [-0.2, 0) is 4.79 Å². The number of ether oxygens (including phenoxy) is 3. The van der Waals surface area contributed by atoms with E-state index in [9.17, 15) is 4.79 Å². The largest absolute Gasteiger partial charge is 0.493 e. The third-order valence-corrected chi connectivity index (χ3v) is 4.49. The molecule has 0 aliphatic heterocycles. The van der Waals surface area contributed by atoms with Crippen molar-refractivity contribution in [2.45, 2.75) is 26.4 Å². The molecule has 0 saturated heterocycles. The molecule has 8 heteroatoms. The topological polar surface area (TPSA) is 69.2 Å². The minimum absolute atomic E-state index is 0.00967.